The molecule has 0 radical (unpaired) electrons. The van der Waals surface area contributed by atoms with Crippen LogP contribution in [0.2, 0.25) is 5.02 Å². The zero-order valence-electron chi connectivity index (χ0n) is 25.2. The average molecular weight is 645 g/mol. The van der Waals surface area contributed by atoms with Crippen molar-refractivity contribution in [2.24, 2.45) is 0 Å². The third-order valence-electron chi connectivity index (χ3n) is 8.09. The van der Waals surface area contributed by atoms with Crippen LogP contribution in [0, 0.1) is 6.92 Å². The van der Waals surface area contributed by atoms with Gasteiger partial charge in [0.15, 0.2) is 22.5 Å². The third kappa shape index (κ3) is 6.16. The number of rotatable bonds is 7. The summed E-state index contributed by atoms with van der Waals surface area (Å²) in [4.78, 5) is 46.2. The van der Waals surface area contributed by atoms with Gasteiger partial charge in [0, 0.05) is 51.0 Å². The van der Waals surface area contributed by atoms with Crippen molar-refractivity contribution in [3.63, 3.8) is 0 Å². The molecule has 1 unspecified atom stereocenters. The highest BCUT2D eigenvalue weighted by molar-refractivity contribution is 7.17. The van der Waals surface area contributed by atoms with Crippen molar-refractivity contribution in [2.75, 3.05) is 60.8 Å². The van der Waals surface area contributed by atoms with E-state index in [0.717, 1.165) is 35.6 Å². The van der Waals surface area contributed by atoms with Crippen molar-refractivity contribution < 1.29 is 14.3 Å². The maximum Gasteiger partial charge on any atom is 0.267 e. The smallest absolute Gasteiger partial charge is 0.267 e. The fourth-order valence-corrected chi connectivity index (χ4v) is 6.61. The van der Waals surface area contributed by atoms with Gasteiger partial charge in [-0.3, -0.25) is 9.59 Å². The Kier molecular flexibility index (Phi) is 8.59. The van der Waals surface area contributed by atoms with Crippen LogP contribution in [-0.2, 0) is 4.79 Å². The molecular formula is C32H33ClN8O3S. The van der Waals surface area contributed by atoms with Gasteiger partial charge in [0.25, 0.3) is 5.91 Å². The molecule has 5 heterocycles. The largest absolute Gasteiger partial charge is 0.493 e. The number of amides is 2. The lowest BCUT2D eigenvalue weighted by molar-refractivity contribution is -0.126. The molecule has 2 amide bonds. The second-order valence-corrected chi connectivity index (χ2v) is 12.3. The maximum absolute atomic E-state index is 13.0. The molecule has 45 heavy (non-hydrogen) atoms. The SMILES string of the molecule is C=CC(=O)N1CCN2c3ncc(-c4ccc(OC)c(Nc5ncc(C(=O)Nc6c(C)cccc6Cl)s5)n4)cc3N(C)CCC2C1. The van der Waals surface area contributed by atoms with Crippen LogP contribution in [0.15, 0.2) is 61.4 Å². The van der Waals surface area contributed by atoms with Gasteiger partial charge in [0.2, 0.25) is 5.91 Å². The second-order valence-electron chi connectivity index (χ2n) is 10.9. The lowest BCUT2D eigenvalue weighted by atomic mass is 10.1. The van der Waals surface area contributed by atoms with Crippen molar-refractivity contribution in [3.05, 3.63) is 76.9 Å². The van der Waals surface area contributed by atoms with Crippen LogP contribution in [0.3, 0.4) is 0 Å². The summed E-state index contributed by atoms with van der Waals surface area (Å²) >= 11 is 7.49. The van der Waals surface area contributed by atoms with Crippen LogP contribution in [0.4, 0.5) is 28.1 Å². The van der Waals surface area contributed by atoms with E-state index in [0.29, 0.717) is 57.6 Å². The lowest BCUT2D eigenvalue weighted by Gasteiger charge is -2.41. The number of methoxy groups -OCH3 is 1. The Morgan fingerprint density at radius 1 is 1.16 bits per heavy atom. The summed E-state index contributed by atoms with van der Waals surface area (Å²) < 4.78 is 5.58. The minimum atomic E-state index is -0.304. The highest BCUT2D eigenvalue weighted by Crippen LogP contribution is 2.38. The molecule has 11 nitrogen and oxygen atoms in total. The number of carbonyl (C=O) groups excluding carboxylic acids is 2. The molecule has 1 fully saturated rings. The summed E-state index contributed by atoms with van der Waals surface area (Å²) in [5.41, 5.74) is 4.00. The molecule has 232 valence electrons. The Bertz CT molecular complexity index is 1760. The number of para-hydroxylation sites is 1. The lowest BCUT2D eigenvalue weighted by Crippen LogP contribution is -2.54. The summed E-state index contributed by atoms with van der Waals surface area (Å²) in [5, 5.41) is 7.06. The summed E-state index contributed by atoms with van der Waals surface area (Å²) in [6.45, 7) is 8.34. The minimum absolute atomic E-state index is 0.0322. The van der Waals surface area contributed by atoms with E-state index in [4.69, 9.17) is 26.3 Å². The van der Waals surface area contributed by atoms with Gasteiger partial charge in [-0.2, -0.15) is 0 Å². The van der Waals surface area contributed by atoms with Crippen LogP contribution in [-0.4, -0.2) is 78.0 Å². The Labute approximate surface area is 270 Å². The van der Waals surface area contributed by atoms with E-state index in [-0.39, 0.29) is 17.9 Å². The number of thiazole rings is 1. The molecule has 4 aromatic rings. The van der Waals surface area contributed by atoms with Crippen LogP contribution >= 0.6 is 22.9 Å². The minimum Gasteiger partial charge on any atom is -0.493 e. The predicted molar refractivity (Wildman–Crippen MR) is 179 cm³/mol. The number of benzene rings is 1. The van der Waals surface area contributed by atoms with E-state index in [9.17, 15) is 9.59 Å². The number of fused-ring (bicyclic) bond motifs is 3. The van der Waals surface area contributed by atoms with E-state index < -0.39 is 0 Å². The van der Waals surface area contributed by atoms with E-state index >= 15 is 0 Å². The van der Waals surface area contributed by atoms with Gasteiger partial charge in [-0.15, -0.1) is 0 Å². The van der Waals surface area contributed by atoms with Crippen molar-refractivity contribution in [1.82, 2.24) is 19.9 Å². The fraction of sp³-hybridized carbons (Fsp3) is 0.281. The molecule has 1 aromatic carbocycles. The summed E-state index contributed by atoms with van der Waals surface area (Å²) in [6, 6.07) is 11.5. The van der Waals surface area contributed by atoms with Crippen LogP contribution in [0.5, 0.6) is 5.75 Å². The van der Waals surface area contributed by atoms with Crippen LogP contribution in [0.25, 0.3) is 11.3 Å². The molecule has 2 aliphatic rings. The molecular weight excluding hydrogens is 612 g/mol. The topological polar surface area (TPSA) is 116 Å². The highest BCUT2D eigenvalue weighted by atomic mass is 35.5. The Hall–Kier alpha value is -4.68. The van der Waals surface area contributed by atoms with E-state index in [2.05, 4.69) is 45.1 Å². The van der Waals surface area contributed by atoms with Gasteiger partial charge in [0.05, 0.1) is 35.4 Å². The molecule has 2 aliphatic heterocycles. The quantitative estimate of drug-likeness (QED) is 0.248. The first-order valence-electron chi connectivity index (χ1n) is 14.5. The van der Waals surface area contributed by atoms with Crippen LogP contribution < -0.4 is 25.2 Å². The van der Waals surface area contributed by atoms with Gasteiger partial charge < -0.3 is 30.1 Å². The number of carbonyl (C=O) groups is 2. The Morgan fingerprint density at radius 2 is 2.00 bits per heavy atom. The number of anilines is 5. The zero-order chi connectivity index (χ0) is 31.7. The first kappa shape index (κ1) is 30.4. The third-order valence-corrected chi connectivity index (χ3v) is 9.31. The molecule has 2 N–H and O–H groups in total. The first-order chi connectivity index (χ1) is 21.7. The molecule has 0 saturated carbocycles. The molecule has 6 rings (SSSR count). The number of aromatic nitrogens is 3. The molecule has 3 aromatic heterocycles. The summed E-state index contributed by atoms with van der Waals surface area (Å²) in [7, 11) is 3.64. The predicted octanol–water partition coefficient (Wildman–Crippen LogP) is 5.61. The zero-order valence-corrected chi connectivity index (χ0v) is 26.8. The first-order valence-corrected chi connectivity index (χ1v) is 15.7. The average Bonchev–Trinajstić information content (AvgIpc) is 3.48. The van der Waals surface area contributed by atoms with Crippen molar-refractivity contribution in [2.45, 2.75) is 19.4 Å². The number of piperazine rings is 1. The normalized spacial score (nSPS) is 15.9. The number of pyridine rings is 2. The van der Waals surface area contributed by atoms with Gasteiger partial charge >= 0.3 is 0 Å². The molecule has 0 aliphatic carbocycles. The second kappa shape index (κ2) is 12.7. The monoisotopic (exact) mass is 644 g/mol. The number of hydrogen-bond donors (Lipinski definition) is 2. The fourth-order valence-electron chi connectivity index (χ4n) is 5.63. The number of ether oxygens (including phenoxy) is 1. The molecule has 0 spiro atoms. The van der Waals surface area contributed by atoms with Gasteiger partial charge in [0.1, 0.15) is 4.88 Å². The maximum atomic E-state index is 13.0. The Balaban J connectivity index is 1.23. The van der Waals surface area contributed by atoms with Gasteiger partial charge in [-0.1, -0.05) is 41.6 Å². The van der Waals surface area contributed by atoms with Gasteiger partial charge in [-0.05, 0) is 49.2 Å². The number of hydrogen-bond acceptors (Lipinski definition) is 10. The number of nitrogens with zero attached hydrogens (tertiary/aromatic N) is 6. The highest BCUT2D eigenvalue weighted by Gasteiger charge is 2.34. The van der Waals surface area contributed by atoms with Crippen molar-refractivity contribution in [1.29, 1.82) is 0 Å². The summed E-state index contributed by atoms with van der Waals surface area (Å²) in [5.74, 6) is 1.56. The van der Waals surface area contributed by atoms with E-state index in [1.165, 1.54) is 23.6 Å². The van der Waals surface area contributed by atoms with Crippen molar-refractivity contribution in [3.8, 4) is 17.0 Å². The number of halogens is 1. The number of nitrogens with one attached hydrogen (secondary N) is 2. The van der Waals surface area contributed by atoms with E-state index in [1.807, 2.05) is 42.3 Å². The summed E-state index contributed by atoms with van der Waals surface area (Å²) in [6.07, 6.45) is 5.63. The number of aryl methyl sites for hydroxylation is 1. The molecule has 13 heteroatoms. The van der Waals surface area contributed by atoms with Crippen LogP contribution in [0.1, 0.15) is 21.7 Å². The van der Waals surface area contributed by atoms with Gasteiger partial charge in [-0.25, -0.2) is 15.0 Å². The molecule has 0 bridgehead atoms. The molecule has 1 atom stereocenters. The van der Waals surface area contributed by atoms with Crippen molar-refractivity contribution >= 4 is 62.9 Å². The standard InChI is InChI=1S/C32H33ClN8O3S/c1-5-27(42)40-13-14-41-21(18-40)11-12-39(3)24-15-20(16-34-30(24)41)23-9-10-25(44-4)29(36-23)38-32-35-17-26(45-32)31(43)37-28-19(2)7-6-8-22(28)33/h5-10,15-17,21H,1,11-14,18H2,2-4H3,(H,37,43)(H,35,36,38). The van der Waals surface area contributed by atoms with E-state index in [1.54, 1.807) is 13.2 Å². The Morgan fingerprint density at radius 3 is 2.78 bits per heavy atom. The molecule has 1 saturated heterocycles.